The molecule has 0 aromatic rings. The molecule has 2 rings (SSSR count). The Morgan fingerprint density at radius 2 is 2.37 bits per heavy atom. The summed E-state index contributed by atoms with van der Waals surface area (Å²) in [5.74, 6) is 0.115. The molecule has 0 bridgehead atoms. The molecule has 2 atom stereocenters. The highest BCUT2D eigenvalue weighted by atomic mass is 16.5. The molecule has 1 amide bonds. The molecule has 0 aliphatic carbocycles. The largest absolute Gasteiger partial charge is 0.374 e. The van der Waals surface area contributed by atoms with Crippen LogP contribution >= 0.6 is 0 Å². The SMILES string of the molecule is CCN1CCOC(CNC(=O)C2(C)CCCCN2)C1. The molecule has 110 valence electrons. The average molecular weight is 269 g/mol. The lowest BCUT2D eigenvalue weighted by Crippen LogP contribution is -2.58. The number of carbonyl (C=O) groups is 1. The molecule has 5 nitrogen and oxygen atoms in total. The maximum absolute atomic E-state index is 12.3. The molecular weight excluding hydrogens is 242 g/mol. The van der Waals surface area contributed by atoms with Crippen LogP contribution in [0, 0.1) is 0 Å². The number of carbonyl (C=O) groups excluding carboxylic acids is 1. The Balaban J connectivity index is 1.76. The van der Waals surface area contributed by atoms with Gasteiger partial charge in [-0.05, 0) is 39.3 Å². The van der Waals surface area contributed by atoms with E-state index in [1.54, 1.807) is 0 Å². The lowest BCUT2D eigenvalue weighted by atomic mass is 9.90. The number of likely N-dealkylation sites (N-methyl/N-ethyl adjacent to an activating group) is 1. The third-order valence-electron chi connectivity index (χ3n) is 4.28. The number of hydrogen-bond acceptors (Lipinski definition) is 4. The van der Waals surface area contributed by atoms with Crippen molar-refractivity contribution in [3.05, 3.63) is 0 Å². The molecule has 5 heteroatoms. The number of hydrogen-bond donors (Lipinski definition) is 2. The number of morpholine rings is 1. The number of nitrogens with zero attached hydrogens (tertiary/aromatic N) is 1. The van der Waals surface area contributed by atoms with Gasteiger partial charge in [-0.25, -0.2) is 0 Å². The summed E-state index contributed by atoms with van der Waals surface area (Å²) in [6.07, 6.45) is 3.34. The maximum atomic E-state index is 12.3. The van der Waals surface area contributed by atoms with Crippen molar-refractivity contribution in [2.24, 2.45) is 0 Å². The number of ether oxygens (including phenoxy) is 1. The molecule has 0 saturated carbocycles. The van der Waals surface area contributed by atoms with E-state index in [9.17, 15) is 4.79 Å². The van der Waals surface area contributed by atoms with Crippen molar-refractivity contribution in [2.75, 3.05) is 39.3 Å². The summed E-state index contributed by atoms with van der Waals surface area (Å²) >= 11 is 0. The first-order valence-corrected chi connectivity index (χ1v) is 7.51. The molecule has 0 radical (unpaired) electrons. The Morgan fingerprint density at radius 3 is 3.05 bits per heavy atom. The topological polar surface area (TPSA) is 53.6 Å². The normalized spacial score (nSPS) is 33.1. The third kappa shape index (κ3) is 3.91. The second-order valence-electron chi connectivity index (χ2n) is 5.81. The van der Waals surface area contributed by atoms with Gasteiger partial charge >= 0.3 is 0 Å². The van der Waals surface area contributed by atoms with Gasteiger partial charge in [0, 0.05) is 19.6 Å². The van der Waals surface area contributed by atoms with Crippen LogP contribution in [-0.2, 0) is 9.53 Å². The summed E-state index contributed by atoms with van der Waals surface area (Å²) in [4.78, 5) is 14.6. The van der Waals surface area contributed by atoms with Crippen LogP contribution in [0.2, 0.25) is 0 Å². The first kappa shape index (κ1) is 14.8. The summed E-state index contributed by atoms with van der Waals surface area (Å²) < 4.78 is 5.70. The second kappa shape index (κ2) is 6.68. The van der Waals surface area contributed by atoms with Crippen molar-refractivity contribution in [1.29, 1.82) is 0 Å². The lowest BCUT2D eigenvalue weighted by Gasteiger charge is -2.35. The fourth-order valence-corrected chi connectivity index (χ4v) is 2.84. The zero-order chi connectivity index (χ0) is 13.7. The first-order chi connectivity index (χ1) is 9.14. The van der Waals surface area contributed by atoms with E-state index in [-0.39, 0.29) is 12.0 Å². The summed E-state index contributed by atoms with van der Waals surface area (Å²) in [6.45, 7) is 9.45. The van der Waals surface area contributed by atoms with Gasteiger partial charge in [0.2, 0.25) is 5.91 Å². The molecule has 2 saturated heterocycles. The van der Waals surface area contributed by atoms with Crippen LogP contribution in [0.3, 0.4) is 0 Å². The monoisotopic (exact) mass is 269 g/mol. The maximum Gasteiger partial charge on any atom is 0.240 e. The van der Waals surface area contributed by atoms with E-state index >= 15 is 0 Å². The number of rotatable bonds is 4. The van der Waals surface area contributed by atoms with Crippen LogP contribution in [0.4, 0.5) is 0 Å². The van der Waals surface area contributed by atoms with E-state index < -0.39 is 5.54 Å². The highest BCUT2D eigenvalue weighted by Gasteiger charge is 2.34. The fraction of sp³-hybridized carbons (Fsp3) is 0.929. The highest BCUT2D eigenvalue weighted by Crippen LogP contribution is 2.18. The third-order valence-corrected chi connectivity index (χ3v) is 4.28. The summed E-state index contributed by atoms with van der Waals surface area (Å²) in [7, 11) is 0. The predicted octanol–water partition coefficient (Wildman–Crippen LogP) is 0.356. The van der Waals surface area contributed by atoms with Crippen LogP contribution in [0.5, 0.6) is 0 Å². The van der Waals surface area contributed by atoms with Crippen LogP contribution in [0.15, 0.2) is 0 Å². The Kier molecular flexibility index (Phi) is 5.19. The number of amides is 1. The van der Waals surface area contributed by atoms with Crippen molar-refractivity contribution in [3.63, 3.8) is 0 Å². The van der Waals surface area contributed by atoms with Gasteiger partial charge in [-0.15, -0.1) is 0 Å². The van der Waals surface area contributed by atoms with E-state index in [0.29, 0.717) is 6.54 Å². The second-order valence-corrected chi connectivity index (χ2v) is 5.81. The van der Waals surface area contributed by atoms with E-state index in [4.69, 9.17) is 4.74 Å². The van der Waals surface area contributed by atoms with Crippen LogP contribution in [0.1, 0.15) is 33.1 Å². The van der Waals surface area contributed by atoms with Crippen molar-refractivity contribution < 1.29 is 9.53 Å². The molecule has 2 unspecified atom stereocenters. The minimum absolute atomic E-state index is 0.115. The van der Waals surface area contributed by atoms with Crippen LogP contribution < -0.4 is 10.6 Å². The van der Waals surface area contributed by atoms with E-state index in [1.807, 2.05) is 6.92 Å². The zero-order valence-electron chi connectivity index (χ0n) is 12.2. The number of piperidine rings is 1. The van der Waals surface area contributed by atoms with Gasteiger partial charge in [-0.1, -0.05) is 6.92 Å². The lowest BCUT2D eigenvalue weighted by molar-refractivity contribution is -0.129. The molecular formula is C14H27N3O2. The predicted molar refractivity (Wildman–Crippen MR) is 75.1 cm³/mol. The summed E-state index contributed by atoms with van der Waals surface area (Å²) in [5.41, 5.74) is -0.392. The smallest absolute Gasteiger partial charge is 0.240 e. The van der Waals surface area contributed by atoms with Crippen LogP contribution in [-0.4, -0.2) is 61.8 Å². The molecule has 19 heavy (non-hydrogen) atoms. The average Bonchev–Trinajstić information content (AvgIpc) is 2.45. The summed E-state index contributed by atoms with van der Waals surface area (Å²) in [5, 5.41) is 6.39. The number of nitrogens with one attached hydrogen (secondary N) is 2. The van der Waals surface area contributed by atoms with E-state index in [2.05, 4.69) is 22.5 Å². The van der Waals surface area contributed by atoms with Gasteiger partial charge in [0.25, 0.3) is 0 Å². The van der Waals surface area contributed by atoms with Gasteiger partial charge in [0.1, 0.15) is 0 Å². The Hall–Kier alpha value is -0.650. The summed E-state index contributed by atoms with van der Waals surface area (Å²) in [6, 6.07) is 0. The fourth-order valence-electron chi connectivity index (χ4n) is 2.84. The highest BCUT2D eigenvalue weighted by molar-refractivity contribution is 5.86. The van der Waals surface area contributed by atoms with E-state index in [1.165, 1.54) is 6.42 Å². The molecule has 0 aromatic heterocycles. The Labute approximate surface area is 116 Å². The van der Waals surface area contributed by atoms with Gasteiger partial charge < -0.3 is 15.4 Å². The molecule has 0 spiro atoms. The quantitative estimate of drug-likeness (QED) is 0.773. The van der Waals surface area contributed by atoms with Gasteiger partial charge in [-0.2, -0.15) is 0 Å². The molecule has 2 aliphatic rings. The van der Waals surface area contributed by atoms with Gasteiger partial charge in [0.05, 0.1) is 18.2 Å². The minimum Gasteiger partial charge on any atom is -0.374 e. The van der Waals surface area contributed by atoms with E-state index in [0.717, 1.165) is 45.6 Å². The van der Waals surface area contributed by atoms with Gasteiger partial charge in [-0.3, -0.25) is 9.69 Å². The molecule has 2 fully saturated rings. The minimum atomic E-state index is -0.392. The van der Waals surface area contributed by atoms with Crippen molar-refractivity contribution in [1.82, 2.24) is 15.5 Å². The van der Waals surface area contributed by atoms with Crippen molar-refractivity contribution in [2.45, 2.75) is 44.8 Å². The Bertz CT molecular complexity index is 303. The van der Waals surface area contributed by atoms with Crippen LogP contribution in [0.25, 0.3) is 0 Å². The molecule has 2 heterocycles. The molecule has 2 aliphatic heterocycles. The molecule has 0 aromatic carbocycles. The first-order valence-electron chi connectivity index (χ1n) is 7.51. The Morgan fingerprint density at radius 1 is 1.53 bits per heavy atom. The standard InChI is InChI=1S/C14H27N3O2/c1-3-17-8-9-19-12(11-17)10-15-13(18)14(2)6-4-5-7-16-14/h12,16H,3-11H2,1-2H3,(H,15,18). The van der Waals surface area contributed by atoms with Gasteiger partial charge in [0.15, 0.2) is 0 Å². The molecule has 2 N–H and O–H groups in total. The van der Waals surface area contributed by atoms with Crippen molar-refractivity contribution in [3.8, 4) is 0 Å². The zero-order valence-corrected chi connectivity index (χ0v) is 12.2. The van der Waals surface area contributed by atoms with Crippen molar-refractivity contribution >= 4 is 5.91 Å².